The minimum Gasteiger partial charge on any atom is -0.507 e. The van der Waals surface area contributed by atoms with Gasteiger partial charge in [0.1, 0.15) is 28.6 Å². The van der Waals surface area contributed by atoms with Crippen LogP contribution in [0.4, 0.5) is 4.39 Å². The first-order chi connectivity index (χ1) is 14.4. The summed E-state index contributed by atoms with van der Waals surface area (Å²) in [5.41, 5.74) is 1.16. The van der Waals surface area contributed by atoms with E-state index < -0.39 is 5.78 Å². The maximum absolute atomic E-state index is 13.1. The maximum atomic E-state index is 13.1. The van der Waals surface area contributed by atoms with Crippen molar-refractivity contribution >= 4 is 11.9 Å². The number of methoxy groups -OCH3 is 2. The second-order valence-electron chi connectivity index (χ2n) is 7.29. The van der Waals surface area contributed by atoms with Crippen molar-refractivity contribution in [1.29, 1.82) is 0 Å². The number of aliphatic hydroxyl groups excluding tert-OH is 1. The van der Waals surface area contributed by atoms with E-state index in [1.165, 1.54) is 32.4 Å². The van der Waals surface area contributed by atoms with E-state index in [1.54, 1.807) is 24.3 Å². The number of phenols is 1. The zero-order chi connectivity index (χ0) is 21.8. The third-order valence-corrected chi connectivity index (χ3v) is 5.63. The van der Waals surface area contributed by atoms with E-state index in [0.717, 1.165) is 6.54 Å². The minimum atomic E-state index is -0.454. The van der Waals surface area contributed by atoms with Crippen molar-refractivity contribution in [3.05, 3.63) is 58.9 Å². The lowest BCUT2D eigenvalue weighted by molar-refractivity contribution is 0.104. The van der Waals surface area contributed by atoms with Crippen LogP contribution in [0.3, 0.4) is 0 Å². The summed E-state index contributed by atoms with van der Waals surface area (Å²) < 4.78 is 23.9. The van der Waals surface area contributed by atoms with Crippen molar-refractivity contribution in [3.8, 4) is 17.2 Å². The fraction of sp³-hybridized carbons (Fsp3) is 0.348. The number of hydrogen-bond acceptors (Lipinski definition) is 6. The van der Waals surface area contributed by atoms with E-state index in [2.05, 4.69) is 0 Å². The number of carbonyl (C=O) groups excluding carboxylic acids is 1. The number of phenolic OH excluding ortho intramolecular Hbond substituents is 1. The second kappa shape index (κ2) is 9.28. The highest BCUT2D eigenvalue weighted by Crippen LogP contribution is 2.47. The molecule has 1 fully saturated rings. The molecule has 1 heterocycles. The number of aliphatic hydroxyl groups is 1. The van der Waals surface area contributed by atoms with Crippen LogP contribution in [0, 0.1) is 5.82 Å². The molecule has 0 spiro atoms. The molecule has 7 heteroatoms. The van der Waals surface area contributed by atoms with Gasteiger partial charge in [-0.1, -0.05) is 18.2 Å². The molecular weight excluding hydrogens is 389 g/mol. The van der Waals surface area contributed by atoms with Crippen molar-refractivity contribution < 1.29 is 28.9 Å². The first-order valence-electron chi connectivity index (χ1n) is 9.68. The Kier molecular flexibility index (Phi) is 6.74. The highest BCUT2D eigenvalue weighted by atomic mass is 19.1. The standard InChI is InChI=1S/C23H26FNO5/c1-25-11-10-16(17(25)13-26)21-19(29-2)12-20(30-3)22(23(21)28)18(27)9-6-14-4-7-15(24)8-5-14/h4-9,12,16-17,26,28H,10-11,13H2,1-3H3. The second-order valence-corrected chi connectivity index (χ2v) is 7.29. The van der Waals surface area contributed by atoms with Crippen molar-refractivity contribution in [2.24, 2.45) is 0 Å². The first-order valence-corrected chi connectivity index (χ1v) is 9.68. The van der Waals surface area contributed by atoms with Gasteiger partial charge in [0.05, 0.1) is 20.8 Å². The molecule has 2 unspecified atom stereocenters. The van der Waals surface area contributed by atoms with Gasteiger partial charge in [-0.2, -0.15) is 0 Å². The Labute approximate surface area is 175 Å². The predicted octanol–water partition coefficient (Wildman–Crippen LogP) is 3.22. The normalized spacial score (nSPS) is 19.4. The summed E-state index contributed by atoms with van der Waals surface area (Å²) >= 11 is 0. The summed E-state index contributed by atoms with van der Waals surface area (Å²) in [6, 6.07) is 7.10. The summed E-state index contributed by atoms with van der Waals surface area (Å²) in [4.78, 5) is 15.0. The number of ether oxygens (including phenoxy) is 2. The molecule has 0 amide bonds. The summed E-state index contributed by atoms with van der Waals surface area (Å²) in [7, 11) is 4.81. The molecule has 1 saturated heterocycles. The summed E-state index contributed by atoms with van der Waals surface area (Å²) in [5.74, 6) is -0.634. The summed E-state index contributed by atoms with van der Waals surface area (Å²) in [6.45, 7) is 0.668. The summed E-state index contributed by atoms with van der Waals surface area (Å²) in [6.07, 6.45) is 3.56. The van der Waals surface area contributed by atoms with Gasteiger partial charge in [0.15, 0.2) is 5.78 Å². The topological polar surface area (TPSA) is 79.2 Å². The molecule has 0 radical (unpaired) electrons. The first kappa shape index (κ1) is 21.8. The van der Waals surface area contributed by atoms with Crippen molar-refractivity contribution in [2.45, 2.75) is 18.4 Å². The van der Waals surface area contributed by atoms with Gasteiger partial charge >= 0.3 is 0 Å². The molecular formula is C23H26FNO5. The smallest absolute Gasteiger partial charge is 0.193 e. The molecule has 6 nitrogen and oxygen atoms in total. The molecule has 1 aliphatic heterocycles. The molecule has 1 aliphatic rings. The van der Waals surface area contributed by atoms with Crippen LogP contribution < -0.4 is 9.47 Å². The minimum absolute atomic E-state index is 0.0258. The van der Waals surface area contributed by atoms with Crippen LogP contribution in [0.25, 0.3) is 6.08 Å². The molecule has 0 bridgehead atoms. The lowest BCUT2D eigenvalue weighted by atomic mass is 9.87. The fourth-order valence-corrected chi connectivity index (χ4v) is 4.00. The molecule has 2 atom stereocenters. The van der Waals surface area contributed by atoms with Gasteiger partial charge in [0.25, 0.3) is 0 Å². The zero-order valence-corrected chi connectivity index (χ0v) is 17.3. The number of likely N-dealkylation sites (N-methyl/N-ethyl adjacent to an activating group) is 1. The average Bonchev–Trinajstić information content (AvgIpc) is 3.12. The average molecular weight is 415 g/mol. The van der Waals surface area contributed by atoms with Crippen LogP contribution in [0.15, 0.2) is 36.4 Å². The molecule has 2 N–H and O–H groups in total. The van der Waals surface area contributed by atoms with Crippen molar-refractivity contribution in [2.75, 3.05) is 34.4 Å². The van der Waals surface area contributed by atoms with Crippen molar-refractivity contribution in [1.82, 2.24) is 4.90 Å². The Bertz CT molecular complexity index is 942. The summed E-state index contributed by atoms with van der Waals surface area (Å²) in [5, 5.41) is 21.0. The number of benzene rings is 2. The Hall–Kier alpha value is -2.90. The molecule has 0 saturated carbocycles. The molecule has 30 heavy (non-hydrogen) atoms. The molecule has 160 valence electrons. The van der Waals surface area contributed by atoms with Gasteiger partial charge in [-0.05, 0) is 43.8 Å². The lowest BCUT2D eigenvalue weighted by Gasteiger charge is -2.26. The van der Waals surface area contributed by atoms with Crippen LogP contribution in [0.2, 0.25) is 0 Å². The predicted molar refractivity (Wildman–Crippen MR) is 112 cm³/mol. The van der Waals surface area contributed by atoms with Crippen LogP contribution in [0.5, 0.6) is 17.2 Å². The van der Waals surface area contributed by atoms with E-state index in [0.29, 0.717) is 23.3 Å². The molecule has 3 rings (SSSR count). The van der Waals surface area contributed by atoms with Gasteiger partial charge in [0.2, 0.25) is 0 Å². The largest absolute Gasteiger partial charge is 0.507 e. The highest BCUT2D eigenvalue weighted by Gasteiger charge is 2.37. The molecule has 0 aromatic heterocycles. The van der Waals surface area contributed by atoms with E-state index >= 15 is 0 Å². The number of allylic oxidation sites excluding steroid dienone is 1. The number of aromatic hydroxyl groups is 1. The number of hydrogen-bond donors (Lipinski definition) is 2. The van der Waals surface area contributed by atoms with Gasteiger partial charge in [0, 0.05) is 23.6 Å². The Balaban J connectivity index is 2.05. The Morgan fingerprint density at radius 1 is 1.23 bits per heavy atom. The lowest BCUT2D eigenvalue weighted by Crippen LogP contribution is -2.32. The van der Waals surface area contributed by atoms with E-state index in [-0.39, 0.29) is 41.4 Å². The quantitative estimate of drug-likeness (QED) is 0.534. The Morgan fingerprint density at radius 3 is 2.50 bits per heavy atom. The van der Waals surface area contributed by atoms with Crippen LogP contribution in [-0.2, 0) is 0 Å². The maximum Gasteiger partial charge on any atom is 0.193 e. The van der Waals surface area contributed by atoms with E-state index in [4.69, 9.17) is 9.47 Å². The number of carbonyl (C=O) groups is 1. The van der Waals surface area contributed by atoms with Gasteiger partial charge in [-0.15, -0.1) is 0 Å². The highest BCUT2D eigenvalue weighted by molar-refractivity contribution is 6.11. The van der Waals surface area contributed by atoms with Gasteiger partial charge < -0.3 is 24.6 Å². The number of ketones is 1. The third kappa shape index (κ3) is 4.17. The number of halogens is 1. The van der Waals surface area contributed by atoms with Crippen LogP contribution in [-0.4, -0.2) is 61.4 Å². The fourth-order valence-electron chi connectivity index (χ4n) is 4.00. The van der Waals surface area contributed by atoms with Gasteiger partial charge in [-0.3, -0.25) is 4.79 Å². The third-order valence-electron chi connectivity index (χ3n) is 5.63. The van der Waals surface area contributed by atoms with Crippen LogP contribution >= 0.6 is 0 Å². The molecule has 2 aromatic carbocycles. The van der Waals surface area contributed by atoms with Gasteiger partial charge in [-0.25, -0.2) is 4.39 Å². The Morgan fingerprint density at radius 2 is 1.90 bits per heavy atom. The van der Waals surface area contributed by atoms with Crippen LogP contribution in [0.1, 0.15) is 33.8 Å². The number of likely N-dealkylation sites (tertiary alicyclic amines) is 1. The number of nitrogens with zero attached hydrogens (tertiary/aromatic N) is 1. The van der Waals surface area contributed by atoms with E-state index in [9.17, 15) is 19.4 Å². The molecule has 2 aromatic rings. The SMILES string of the molecule is COc1cc(OC)c(C2CCN(C)C2CO)c(O)c1C(=O)C=Cc1ccc(F)cc1. The monoisotopic (exact) mass is 415 g/mol. The zero-order valence-electron chi connectivity index (χ0n) is 17.3. The van der Waals surface area contributed by atoms with Crippen molar-refractivity contribution in [3.63, 3.8) is 0 Å². The van der Waals surface area contributed by atoms with E-state index in [1.807, 2.05) is 11.9 Å². The number of rotatable bonds is 7. The molecule has 0 aliphatic carbocycles.